The molecule has 21 heavy (non-hydrogen) atoms. The quantitative estimate of drug-likeness (QED) is 0.837. The highest BCUT2D eigenvalue weighted by molar-refractivity contribution is 7.80. The molecule has 1 saturated carbocycles. The highest BCUT2D eigenvalue weighted by atomic mass is 32.1. The van der Waals surface area contributed by atoms with Crippen molar-refractivity contribution in [2.24, 2.45) is 5.92 Å². The van der Waals surface area contributed by atoms with Crippen LogP contribution in [0, 0.1) is 12.8 Å². The highest BCUT2D eigenvalue weighted by Crippen LogP contribution is 2.23. The van der Waals surface area contributed by atoms with Crippen molar-refractivity contribution in [3.63, 3.8) is 0 Å². The van der Waals surface area contributed by atoms with Crippen LogP contribution in [0.5, 0.6) is 0 Å². The number of hydrogen-bond acceptors (Lipinski definition) is 4. The Morgan fingerprint density at radius 2 is 1.95 bits per heavy atom. The van der Waals surface area contributed by atoms with Crippen molar-refractivity contribution >= 4 is 29.1 Å². The van der Waals surface area contributed by atoms with E-state index in [9.17, 15) is 0 Å². The average Bonchev–Trinajstić information content (AvgIpc) is 3.22. The number of piperidine rings is 1. The molecule has 1 aromatic heterocycles. The minimum atomic E-state index is 0.540. The lowest BCUT2D eigenvalue weighted by Crippen LogP contribution is -2.34. The molecule has 6 heteroatoms. The largest absolute Gasteiger partial charge is 0.360 e. The van der Waals surface area contributed by atoms with Crippen molar-refractivity contribution in [1.82, 2.24) is 15.3 Å². The molecule has 0 atom stereocenters. The monoisotopic (exact) mass is 305 g/mol. The van der Waals surface area contributed by atoms with Gasteiger partial charge in [-0.25, -0.2) is 4.98 Å². The van der Waals surface area contributed by atoms with Crippen molar-refractivity contribution < 1.29 is 0 Å². The van der Waals surface area contributed by atoms with Gasteiger partial charge >= 0.3 is 0 Å². The first-order valence-corrected chi connectivity index (χ1v) is 8.19. The van der Waals surface area contributed by atoms with Crippen LogP contribution in [0.4, 0.5) is 11.8 Å². The molecule has 0 amide bonds. The number of hydrogen-bond donors (Lipinski definition) is 2. The Morgan fingerprint density at radius 1 is 1.24 bits per heavy atom. The van der Waals surface area contributed by atoms with E-state index in [-0.39, 0.29) is 0 Å². The van der Waals surface area contributed by atoms with E-state index in [1.807, 2.05) is 6.92 Å². The second-order valence-corrected chi connectivity index (χ2v) is 6.64. The number of nitrogens with one attached hydrogen (secondary N) is 2. The van der Waals surface area contributed by atoms with E-state index < -0.39 is 0 Å². The fourth-order valence-electron chi connectivity index (χ4n) is 2.56. The van der Waals surface area contributed by atoms with E-state index in [2.05, 4.69) is 38.5 Å². The standard InChI is InChI=1S/C15H23N5S/c1-10-5-7-20(8-6-10)13-9-11(2)16-14(18-13)19-15(21)17-12-3-4-12/h9-10,12H,3-8H2,1-2H3,(H2,16,17,18,19,21). The summed E-state index contributed by atoms with van der Waals surface area (Å²) in [7, 11) is 0. The number of rotatable bonds is 3. The van der Waals surface area contributed by atoms with Crippen molar-refractivity contribution in [2.75, 3.05) is 23.3 Å². The Balaban J connectivity index is 1.68. The van der Waals surface area contributed by atoms with Crippen molar-refractivity contribution in [3.05, 3.63) is 11.8 Å². The molecule has 0 unspecified atom stereocenters. The minimum Gasteiger partial charge on any atom is -0.360 e. The summed E-state index contributed by atoms with van der Waals surface area (Å²) in [5.74, 6) is 2.42. The molecule has 0 bridgehead atoms. The number of thiocarbonyl (C=S) groups is 1. The van der Waals surface area contributed by atoms with Crippen LogP contribution in [0.1, 0.15) is 38.3 Å². The van der Waals surface area contributed by atoms with Crippen LogP contribution in [0.15, 0.2) is 6.07 Å². The maximum atomic E-state index is 5.29. The van der Waals surface area contributed by atoms with E-state index in [1.54, 1.807) is 0 Å². The molecule has 1 aromatic rings. The van der Waals surface area contributed by atoms with Gasteiger partial charge in [0.1, 0.15) is 5.82 Å². The number of aromatic nitrogens is 2. The van der Waals surface area contributed by atoms with Crippen LogP contribution < -0.4 is 15.5 Å². The third-order valence-electron chi connectivity index (χ3n) is 4.09. The summed E-state index contributed by atoms with van der Waals surface area (Å²) >= 11 is 5.29. The lowest BCUT2D eigenvalue weighted by atomic mass is 9.99. The molecule has 1 saturated heterocycles. The van der Waals surface area contributed by atoms with E-state index in [4.69, 9.17) is 12.2 Å². The van der Waals surface area contributed by atoms with E-state index in [1.165, 1.54) is 25.7 Å². The SMILES string of the molecule is Cc1cc(N2CCC(C)CC2)nc(NC(=S)NC2CC2)n1. The molecule has 2 N–H and O–H groups in total. The summed E-state index contributed by atoms with van der Waals surface area (Å²) in [6, 6.07) is 2.59. The first-order chi connectivity index (χ1) is 10.1. The maximum absolute atomic E-state index is 5.29. The van der Waals surface area contributed by atoms with E-state index >= 15 is 0 Å². The zero-order chi connectivity index (χ0) is 14.8. The van der Waals surface area contributed by atoms with Crippen LogP contribution in [0.2, 0.25) is 0 Å². The number of anilines is 2. The van der Waals surface area contributed by atoms with Gasteiger partial charge in [0.15, 0.2) is 5.11 Å². The molecule has 114 valence electrons. The van der Waals surface area contributed by atoms with Gasteiger partial charge in [0.05, 0.1) is 0 Å². The summed E-state index contributed by atoms with van der Waals surface area (Å²) in [5.41, 5.74) is 0.968. The Labute approximate surface area is 131 Å². The zero-order valence-corrected chi connectivity index (χ0v) is 13.5. The predicted molar refractivity (Wildman–Crippen MR) is 89.8 cm³/mol. The van der Waals surface area contributed by atoms with Gasteiger partial charge in [-0.1, -0.05) is 6.92 Å². The molecule has 1 aliphatic carbocycles. The molecule has 0 radical (unpaired) electrons. The minimum absolute atomic E-state index is 0.540. The van der Waals surface area contributed by atoms with Gasteiger partial charge in [-0.05, 0) is 50.7 Å². The molecule has 1 aliphatic heterocycles. The van der Waals surface area contributed by atoms with Gasteiger partial charge in [0.25, 0.3) is 0 Å². The summed E-state index contributed by atoms with van der Waals surface area (Å²) in [6.45, 7) is 6.46. The fourth-order valence-corrected chi connectivity index (χ4v) is 2.82. The summed E-state index contributed by atoms with van der Waals surface area (Å²) in [4.78, 5) is 11.4. The van der Waals surface area contributed by atoms with Gasteiger partial charge in [-0.2, -0.15) is 4.98 Å². The zero-order valence-electron chi connectivity index (χ0n) is 12.7. The van der Waals surface area contributed by atoms with Crippen molar-refractivity contribution in [3.8, 4) is 0 Å². The highest BCUT2D eigenvalue weighted by Gasteiger charge is 2.22. The molecule has 2 fully saturated rings. The van der Waals surface area contributed by atoms with E-state index in [0.717, 1.165) is 30.5 Å². The number of aryl methyl sites for hydroxylation is 1. The predicted octanol–water partition coefficient (Wildman–Crippen LogP) is 2.47. The molecule has 0 spiro atoms. The Kier molecular flexibility index (Phi) is 4.24. The topological polar surface area (TPSA) is 53.1 Å². The van der Waals surface area contributed by atoms with Crippen LogP contribution >= 0.6 is 12.2 Å². The Morgan fingerprint density at radius 3 is 2.62 bits per heavy atom. The molecule has 0 aromatic carbocycles. The lowest BCUT2D eigenvalue weighted by Gasteiger charge is -2.31. The van der Waals surface area contributed by atoms with Crippen molar-refractivity contribution in [1.29, 1.82) is 0 Å². The Hall–Kier alpha value is -1.43. The molecule has 2 aliphatic rings. The third kappa shape index (κ3) is 4.03. The van der Waals surface area contributed by atoms with Crippen LogP contribution in [0.25, 0.3) is 0 Å². The van der Waals surface area contributed by atoms with Crippen LogP contribution in [-0.2, 0) is 0 Å². The summed E-state index contributed by atoms with van der Waals surface area (Å²) in [6.07, 6.45) is 4.86. The van der Waals surface area contributed by atoms with Crippen LogP contribution in [0.3, 0.4) is 0 Å². The normalized spacial score (nSPS) is 19.4. The fraction of sp³-hybridized carbons (Fsp3) is 0.667. The molecular weight excluding hydrogens is 282 g/mol. The van der Waals surface area contributed by atoms with Crippen molar-refractivity contribution in [2.45, 2.75) is 45.6 Å². The molecular formula is C15H23N5S. The second kappa shape index (κ2) is 6.13. The smallest absolute Gasteiger partial charge is 0.231 e. The van der Waals surface area contributed by atoms with Gasteiger partial charge in [-0.15, -0.1) is 0 Å². The van der Waals surface area contributed by atoms with E-state index in [0.29, 0.717) is 17.1 Å². The lowest BCUT2D eigenvalue weighted by molar-refractivity contribution is 0.436. The number of nitrogens with zero attached hydrogens (tertiary/aromatic N) is 3. The second-order valence-electron chi connectivity index (χ2n) is 6.23. The molecule has 2 heterocycles. The summed E-state index contributed by atoms with van der Waals surface area (Å²) < 4.78 is 0. The molecule has 5 nitrogen and oxygen atoms in total. The van der Waals surface area contributed by atoms with Gasteiger partial charge in [-0.3, -0.25) is 0 Å². The first kappa shape index (κ1) is 14.5. The Bertz CT molecular complexity index is 521. The average molecular weight is 305 g/mol. The molecule has 3 rings (SSSR count). The van der Waals surface area contributed by atoms with Crippen LogP contribution in [-0.4, -0.2) is 34.2 Å². The van der Waals surface area contributed by atoms with Gasteiger partial charge in [0, 0.05) is 30.9 Å². The van der Waals surface area contributed by atoms with Gasteiger partial charge in [0.2, 0.25) is 5.95 Å². The van der Waals surface area contributed by atoms with Gasteiger partial charge < -0.3 is 15.5 Å². The summed E-state index contributed by atoms with van der Waals surface area (Å²) in [5, 5.41) is 6.99. The third-order valence-corrected chi connectivity index (χ3v) is 4.31. The maximum Gasteiger partial charge on any atom is 0.231 e. The first-order valence-electron chi connectivity index (χ1n) is 7.78.